The zero-order chi connectivity index (χ0) is 11.8. The number of nitrogens with one attached hydrogen (secondary N) is 1. The molecule has 100 valence electrons. The molecule has 2 saturated heterocycles. The van der Waals surface area contributed by atoms with Crippen LogP contribution in [-0.4, -0.2) is 61.8 Å². The Kier molecular flexibility index (Phi) is 6.71. The molecule has 0 atom stereocenters. The van der Waals surface area contributed by atoms with Gasteiger partial charge < -0.3 is 15.0 Å². The Morgan fingerprint density at radius 3 is 2.94 bits per heavy atom. The summed E-state index contributed by atoms with van der Waals surface area (Å²) < 4.78 is 5.93. The summed E-state index contributed by atoms with van der Waals surface area (Å²) in [6.45, 7) is 7.01. The third-order valence-corrected chi connectivity index (χ3v) is 4.62. The van der Waals surface area contributed by atoms with Gasteiger partial charge in [0.05, 0.1) is 6.10 Å². The lowest BCUT2D eigenvalue weighted by atomic mass is 10.1. The molecular formula is C13H26N2OS. The number of rotatable bonds is 5. The van der Waals surface area contributed by atoms with Gasteiger partial charge in [0.2, 0.25) is 0 Å². The molecule has 3 nitrogen and oxygen atoms in total. The number of piperidine rings is 1. The fraction of sp³-hybridized carbons (Fsp3) is 1.00. The summed E-state index contributed by atoms with van der Waals surface area (Å²) in [6, 6.07) is 0. The number of nitrogens with zero attached hydrogens (tertiary/aromatic N) is 1. The van der Waals surface area contributed by atoms with Crippen molar-refractivity contribution in [1.29, 1.82) is 0 Å². The highest BCUT2D eigenvalue weighted by Crippen LogP contribution is 2.11. The minimum absolute atomic E-state index is 0.524. The van der Waals surface area contributed by atoms with E-state index in [1.165, 1.54) is 56.8 Å². The van der Waals surface area contributed by atoms with Gasteiger partial charge in [0, 0.05) is 25.4 Å². The van der Waals surface area contributed by atoms with Gasteiger partial charge in [0.1, 0.15) is 0 Å². The molecule has 2 rings (SSSR count). The van der Waals surface area contributed by atoms with Crippen molar-refractivity contribution in [1.82, 2.24) is 10.2 Å². The summed E-state index contributed by atoms with van der Waals surface area (Å²) in [5, 5.41) is 3.37. The van der Waals surface area contributed by atoms with E-state index in [-0.39, 0.29) is 0 Å². The van der Waals surface area contributed by atoms with E-state index in [0.717, 1.165) is 19.7 Å². The van der Waals surface area contributed by atoms with Crippen molar-refractivity contribution in [2.75, 3.05) is 50.8 Å². The second-order valence-corrected chi connectivity index (χ2v) is 6.21. The molecule has 2 fully saturated rings. The minimum atomic E-state index is 0.524. The smallest absolute Gasteiger partial charge is 0.0599 e. The monoisotopic (exact) mass is 258 g/mol. The largest absolute Gasteiger partial charge is 0.378 e. The highest BCUT2D eigenvalue weighted by Gasteiger charge is 2.13. The quantitative estimate of drug-likeness (QED) is 0.757. The minimum Gasteiger partial charge on any atom is -0.378 e. The highest BCUT2D eigenvalue weighted by molar-refractivity contribution is 7.99. The molecule has 2 aliphatic rings. The van der Waals surface area contributed by atoms with E-state index in [2.05, 4.69) is 22.0 Å². The van der Waals surface area contributed by atoms with Gasteiger partial charge in [-0.15, -0.1) is 0 Å². The van der Waals surface area contributed by atoms with Crippen molar-refractivity contribution in [3.05, 3.63) is 0 Å². The van der Waals surface area contributed by atoms with Crippen LogP contribution >= 0.6 is 11.8 Å². The van der Waals surface area contributed by atoms with Gasteiger partial charge in [0.15, 0.2) is 0 Å². The van der Waals surface area contributed by atoms with Gasteiger partial charge in [0.25, 0.3) is 0 Å². The van der Waals surface area contributed by atoms with Gasteiger partial charge in [-0.25, -0.2) is 0 Å². The van der Waals surface area contributed by atoms with E-state index in [0.29, 0.717) is 6.10 Å². The summed E-state index contributed by atoms with van der Waals surface area (Å²) in [6.07, 6.45) is 5.48. The summed E-state index contributed by atoms with van der Waals surface area (Å²) >= 11 is 2.10. The first-order valence-electron chi connectivity index (χ1n) is 7.07. The zero-order valence-electron chi connectivity index (χ0n) is 10.8. The van der Waals surface area contributed by atoms with Crippen molar-refractivity contribution in [2.24, 2.45) is 0 Å². The van der Waals surface area contributed by atoms with Crippen LogP contribution in [0.1, 0.15) is 25.7 Å². The molecule has 17 heavy (non-hydrogen) atoms. The Labute approximate surface area is 110 Å². The fourth-order valence-electron chi connectivity index (χ4n) is 2.52. The van der Waals surface area contributed by atoms with E-state index in [1.54, 1.807) is 0 Å². The van der Waals surface area contributed by atoms with Crippen LogP contribution in [0.25, 0.3) is 0 Å². The Bertz CT molecular complexity index is 190. The summed E-state index contributed by atoms with van der Waals surface area (Å²) in [5.74, 6) is 2.66. The maximum Gasteiger partial charge on any atom is 0.0599 e. The van der Waals surface area contributed by atoms with Crippen LogP contribution in [0.5, 0.6) is 0 Å². The third kappa shape index (κ3) is 5.60. The lowest BCUT2D eigenvalue weighted by Crippen LogP contribution is -2.33. The molecule has 0 amide bonds. The standard InChI is InChI=1S/C13H26N2OS/c1(7-15-8-2-11-17-12-9-15)10-16-13-3-5-14-6-4-13/h13-14H,1-12H2. The topological polar surface area (TPSA) is 24.5 Å². The molecule has 0 aliphatic carbocycles. The van der Waals surface area contributed by atoms with Crippen LogP contribution in [0.3, 0.4) is 0 Å². The lowest BCUT2D eigenvalue weighted by Gasteiger charge is -2.24. The molecule has 0 aromatic rings. The molecule has 2 heterocycles. The number of hydrogen-bond acceptors (Lipinski definition) is 4. The maximum atomic E-state index is 5.93. The first kappa shape index (κ1) is 13.7. The Hall–Kier alpha value is 0.230. The van der Waals surface area contributed by atoms with Crippen molar-refractivity contribution < 1.29 is 4.74 Å². The number of ether oxygens (including phenoxy) is 1. The van der Waals surface area contributed by atoms with E-state index in [4.69, 9.17) is 4.74 Å². The molecule has 0 bridgehead atoms. The average molecular weight is 258 g/mol. The Morgan fingerprint density at radius 2 is 2.06 bits per heavy atom. The van der Waals surface area contributed by atoms with Crippen LogP contribution in [-0.2, 0) is 4.74 Å². The Balaban J connectivity index is 1.49. The van der Waals surface area contributed by atoms with Crippen molar-refractivity contribution in [3.63, 3.8) is 0 Å². The first-order valence-corrected chi connectivity index (χ1v) is 8.23. The second-order valence-electron chi connectivity index (χ2n) is 4.98. The normalized spacial score (nSPS) is 24.7. The van der Waals surface area contributed by atoms with Gasteiger partial charge >= 0.3 is 0 Å². The SMILES string of the molecule is C(COC1CCNCC1)CN1CCCSCC1. The van der Waals surface area contributed by atoms with Crippen LogP contribution in [0.4, 0.5) is 0 Å². The van der Waals surface area contributed by atoms with E-state index in [9.17, 15) is 0 Å². The van der Waals surface area contributed by atoms with Crippen molar-refractivity contribution in [2.45, 2.75) is 31.8 Å². The predicted octanol–water partition coefficient (Wildman–Crippen LogP) is 1.58. The molecule has 1 N–H and O–H groups in total. The van der Waals surface area contributed by atoms with Crippen molar-refractivity contribution >= 4 is 11.8 Å². The molecule has 0 unspecified atom stereocenters. The molecule has 2 aliphatic heterocycles. The van der Waals surface area contributed by atoms with E-state index >= 15 is 0 Å². The molecule has 0 radical (unpaired) electrons. The van der Waals surface area contributed by atoms with Gasteiger partial charge in [-0.3, -0.25) is 0 Å². The van der Waals surface area contributed by atoms with Crippen LogP contribution in [0, 0.1) is 0 Å². The summed E-state index contributed by atoms with van der Waals surface area (Å²) in [7, 11) is 0. The summed E-state index contributed by atoms with van der Waals surface area (Å²) in [4.78, 5) is 2.60. The number of thioether (sulfide) groups is 1. The van der Waals surface area contributed by atoms with Crippen LogP contribution in [0.2, 0.25) is 0 Å². The third-order valence-electron chi connectivity index (χ3n) is 3.57. The fourth-order valence-corrected chi connectivity index (χ4v) is 3.45. The molecular weight excluding hydrogens is 232 g/mol. The first-order chi connectivity index (χ1) is 8.45. The van der Waals surface area contributed by atoms with Crippen molar-refractivity contribution in [3.8, 4) is 0 Å². The zero-order valence-corrected chi connectivity index (χ0v) is 11.6. The van der Waals surface area contributed by atoms with Crippen LogP contribution in [0.15, 0.2) is 0 Å². The van der Waals surface area contributed by atoms with E-state index in [1.807, 2.05) is 0 Å². The average Bonchev–Trinajstić information content (AvgIpc) is 2.65. The summed E-state index contributed by atoms with van der Waals surface area (Å²) in [5.41, 5.74) is 0. The molecule has 4 heteroatoms. The van der Waals surface area contributed by atoms with Crippen LogP contribution < -0.4 is 5.32 Å². The second kappa shape index (κ2) is 8.35. The molecule has 0 saturated carbocycles. The maximum absolute atomic E-state index is 5.93. The lowest BCUT2D eigenvalue weighted by molar-refractivity contribution is 0.0280. The number of hydrogen-bond donors (Lipinski definition) is 1. The van der Waals surface area contributed by atoms with E-state index < -0.39 is 0 Å². The highest BCUT2D eigenvalue weighted by atomic mass is 32.2. The molecule has 0 aromatic heterocycles. The Morgan fingerprint density at radius 1 is 1.18 bits per heavy atom. The molecule has 0 spiro atoms. The van der Waals surface area contributed by atoms with Gasteiger partial charge in [-0.05, 0) is 51.1 Å². The predicted molar refractivity (Wildman–Crippen MR) is 74.8 cm³/mol. The van der Waals surface area contributed by atoms with Gasteiger partial charge in [-0.1, -0.05) is 0 Å². The molecule has 0 aromatic carbocycles. The van der Waals surface area contributed by atoms with Gasteiger partial charge in [-0.2, -0.15) is 11.8 Å².